The van der Waals surface area contributed by atoms with Crippen LogP contribution in [0.4, 0.5) is 5.69 Å². The summed E-state index contributed by atoms with van der Waals surface area (Å²) in [5.41, 5.74) is 6.64. The van der Waals surface area contributed by atoms with Crippen molar-refractivity contribution in [1.29, 1.82) is 0 Å². The highest BCUT2D eigenvalue weighted by molar-refractivity contribution is 6.89. The van der Waals surface area contributed by atoms with Gasteiger partial charge in [0.1, 0.15) is 0 Å². The topological polar surface area (TPSA) is 29.3 Å². The Balaban J connectivity index is 1.91. The Hall–Kier alpha value is -0.803. The minimum Gasteiger partial charge on any atom is -0.399 e. The first kappa shape index (κ1) is 13.6. The van der Waals surface area contributed by atoms with Gasteiger partial charge in [-0.05, 0) is 50.7 Å². The van der Waals surface area contributed by atoms with Crippen LogP contribution < -0.4 is 10.9 Å². The molecule has 2 nitrogen and oxygen atoms in total. The number of nitrogens with two attached hydrogens (primary N) is 1. The number of hydrogen-bond donors (Lipinski definition) is 1. The van der Waals surface area contributed by atoms with Gasteiger partial charge in [-0.25, -0.2) is 0 Å². The van der Waals surface area contributed by atoms with Gasteiger partial charge in [-0.3, -0.25) is 0 Å². The van der Waals surface area contributed by atoms with Crippen LogP contribution in [-0.2, 0) is 0 Å². The number of anilines is 1. The molecular formula is C15H26N2Si. The quantitative estimate of drug-likeness (QED) is 0.668. The van der Waals surface area contributed by atoms with Crippen LogP contribution in [0.3, 0.4) is 0 Å². The van der Waals surface area contributed by atoms with Crippen LogP contribution in [0.1, 0.15) is 19.3 Å². The first-order valence-electron chi connectivity index (χ1n) is 7.16. The van der Waals surface area contributed by atoms with Crippen LogP contribution in [-0.4, -0.2) is 32.6 Å². The van der Waals surface area contributed by atoms with E-state index in [-0.39, 0.29) is 0 Å². The van der Waals surface area contributed by atoms with Gasteiger partial charge in [-0.2, -0.15) is 0 Å². The summed E-state index contributed by atoms with van der Waals surface area (Å²) in [6.45, 7) is 8.85. The summed E-state index contributed by atoms with van der Waals surface area (Å²) >= 11 is 0. The molecule has 100 valence electrons. The van der Waals surface area contributed by atoms with E-state index in [0.29, 0.717) is 0 Å². The molecule has 2 rings (SSSR count). The molecule has 1 aromatic rings. The third-order valence-corrected chi connectivity index (χ3v) is 7.56. The van der Waals surface area contributed by atoms with Crippen molar-refractivity contribution in [3.8, 4) is 0 Å². The maximum atomic E-state index is 5.77. The predicted molar refractivity (Wildman–Crippen MR) is 83.1 cm³/mol. The number of nitrogens with zero attached hydrogens (tertiary/aromatic N) is 1. The van der Waals surface area contributed by atoms with Crippen LogP contribution in [0, 0.1) is 0 Å². The van der Waals surface area contributed by atoms with E-state index in [0.717, 1.165) is 5.69 Å². The molecule has 1 heterocycles. The van der Waals surface area contributed by atoms with Crippen LogP contribution in [0.25, 0.3) is 0 Å². The van der Waals surface area contributed by atoms with Crippen molar-refractivity contribution in [2.24, 2.45) is 0 Å². The van der Waals surface area contributed by atoms with Gasteiger partial charge in [0.15, 0.2) is 0 Å². The van der Waals surface area contributed by atoms with Crippen LogP contribution >= 0.6 is 0 Å². The van der Waals surface area contributed by atoms with Crippen molar-refractivity contribution in [2.45, 2.75) is 38.4 Å². The zero-order valence-corrected chi connectivity index (χ0v) is 12.8. The fraction of sp³-hybridized carbons (Fsp3) is 0.600. The summed E-state index contributed by atoms with van der Waals surface area (Å²) in [4.78, 5) is 2.65. The normalized spacial score (nSPS) is 17.9. The van der Waals surface area contributed by atoms with Crippen molar-refractivity contribution >= 4 is 18.9 Å². The molecule has 1 aromatic carbocycles. The molecule has 0 atom stereocenters. The lowest BCUT2D eigenvalue weighted by molar-refractivity contribution is 0.239. The average molecular weight is 262 g/mol. The Morgan fingerprint density at radius 2 is 1.67 bits per heavy atom. The van der Waals surface area contributed by atoms with E-state index in [1.165, 1.54) is 50.1 Å². The molecule has 0 saturated carbocycles. The molecule has 0 amide bonds. The smallest absolute Gasteiger partial charge is 0.0818 e. The monoisotopic (exact) mass is 262 g/mol. The molecule has 0 bridgehead atoms. The lowest BCUT2D eigenvalue weighted by Crippen LogP contribution is -2.44. The van der Waals surface area contributed by atoms with Gasteiger partial charge >= 0.3 is 0 Å². The summed E-state index contributed by atoms with van der Waals surface area (Å²) < 4.78 is 0. The Kier molecular flexibility index (Phi) is 4.46. The van der Waals surface area contributed by atoms with Crippen molar-refractivity contribution in [1.82, 2.24) is 4.90 Å². The Morgan fingerprint density at radius 3 is 2.28 bits per heavy atom. The molecule has 18 heavy (non-hydrogen) atoms. The summed E-state index contributed by atoms with van der Waals surface area (Å²) in [6.07, 6.45) is 4.21. The fourth-order valence-electron chi connectivity index (χ4n) is 2.70. The summed E-state index contributed by atoms with van der Waals surface area (Å²) in [5, 5.41) is 1.54. The van der Waals surface area contributed by atoms with E-state index in [4.69, 9.17) is 5.73 Å². The van der Waals surface area contributed by atoms with Gasteiger partial charge in [0.2, 0.25) is 0 Å². The SMILES string of the molecule is C[Si](C)(CCN1CCCCC1)c1ccc(N)cc1. The van der Waals surface area contributed by atoms with Crippen molar-refractivity contribution < 1.29 is 0 Å². The molecule has 1 fully saturated rings. The minimum atomic E-state index is -1.28. The molecule has 1 saturated heterocycles. The molecule has 0 radical (unpaired) electrons. The molecule has 3 heteroatoms. The third kappa shape index (κ3) is 3.59. The van der Waals surface area contributed by atoms with E-state index in [1.807, 2.05) is 12.1 Å². The number of benzene rings is 1. The predicted octanol–water partition coefficient (Wildman–Crippen LogP) is 2.67. The first-order valence-corrected chi connectivity index (χ1v) is 10.4. The summed E-state index contributed by atoms with van der Waals surface area (Å²) in [7, 11) is -1.28. The van der Waals surface area contributed by atoms with Crippen molar-refractivity contribution in [3.05, 3.63) is 24.3 Å². The molecule has 1 aliphatic heterocycles. The maximum Gasteiger partial charge on any atom is 0.0818 e. The van der Waals surface area contributed by atoms with E-state index in [2.05, 4.69) is 30.1 Å². The van der Waals surface area contributed by atoms with Gasteiger partial charge in [0, 0.05) is 5.69 Å². The second kappa shape index (κ2) is 5.89. The molecular weight excluding hydrogens is 236 g/mol. The number of rotatable bonds is 4. The Morgan fingerprint density at radius 1 is 1.06 bits per heavy atom. The van der Waals surface area contributed by atoms with Crippen molar-refractivity contribution in [3.63, 3.8) is 0 Å². The summed E-state index contributed by atoms with van der Waals surface area (Å²) in [5.74, 6) is 0. The Labute approximate surface area is 112 Å². The van der Waals surface area contributed by atoms with Gasteiger partial charge in [-0.15, -0.1) is 0 Å². The van der Waals surface area contributed by atoms with Crippen LogP contribution in [0.2, 0.25) is 19.1 Å². The van der Waals surface area contributed by atoms with Crippen LogP contribution in [0.5, 0.6) is 0 Å². The van der Waals surface area contributed by atoms with E-state index < -0.39 is 8.07 Å². The molecule has 0 spiro atoms. The molecule has 0 unspecified atom stereocenters. The highest BCUT2D eigenvalue weighted by atomic mass is 28.3. The molecule has 2 N–H and O–H groups in total. The average Bonchev–Trinajstić information content (AvgIpc) is 2.38. The lowest BCUT2D eigenvalue weighted by Gasteiger charge is -2.30. The van der Waals surface area contributed by atoms with E-state index in [1.54, 1.807) is 0 Å². The highest BCUT2D eigenvalue weighted by Crippen LogP contribution is 2.15. The van der Waals surface area contributed by atoms with E-state index >= 15 is 0 Å². The molecule has 0 aliphatic carbocycles. The van der Waals surface area contributed by atoms with Crippen molar-refractivity contribution in [2.75, 3.05) is 25.4 Å². The van der Waals surface area contributed by atoms with Gasteiger partial charge in [0.25, 0.3) is 0 Å². The standard InChI is InChI=1S/C15H26N2Si/c1-18(2,15-8-6-14(16)7-9-15)13-12-17-10-4-3-5-11-17/h6-9H,3-5,10-13,16H2,1-2H3. The maximum absolute atomic E-state index is 5.77. The first-order chi connectivity index (χ1) is 8.58. The Bertz CT molecular complexity index is 367. The van der Waals surface area contributed by atoms with Gasteiger partial charge in [-0.1, -0.05) is 36.8 Å². The zero-order chi connectivity index (χ0) is 13.0. The zero-order valence-electron chi connectivity index (χ0n) is 11.8. The number of likely N-dealkylation sites (tertiary alicyclic amines) is 1. The van der Waals surface area contributed by atoms with Crippen LogP contribution in [0.15, 0.2) is 24.3 Å². The molecule has 1 aliphatic rings. The second-order valence-corrected chi connectivity index (χ2v) is 11.0. The fourth-order valence-corrected chi connectivity index (χ4v) is 4.93. The highest BCUT2D eigenvalue weighted by Gasteiger charge is 2.24. The lowest BCUT2D eigenvalue weighted by atomic mass is 10.1. The number of nitrogen functional groups attached to an aromatic ring is 1. The third-order valence-electron chi connectivity index (χ3n) is 4.19. The number of piperidine rings is 1. The second-order valence-electron chi connectivity index (χ2n) is 6.16. The van der Waals surface area contributed by atoms with Gasteiger partial charge in [0.05, 0.1) is 8.07 Å². The molecule has 0 aromatic heterocycles. The minimum absolute atomic E-state index is 0.875. The van der Waals surface area contributed by atoms with E-state index in [9.17, 15) is 0 Å². The number of hydrogen-bond acceptors (Lipinski definition) is 2. The van der Waals surface area contributed by atoms with Gasteiger partial charge < -0.3 is 10.6 Å². The summed E-state index contributed by atoms with van der Waals surface area (Å²) in [6, 6.07) is 9.92. The largest absolute Gasteiger partial charge is 0.399 e.